The molecule has 0 atom stereocenters. The van der Waals surface area contributed by atoms with Gasteiger partial charge in [0.2, 0.25) is 5.89 Å². The minimum atomic E-state index is -0.492. The van der Waals surface area contributed by atoms with Crippen molar-refractivity contribution in [2.24, 2.45) is 0 Å². The number of fused-ring (bicyclic) bond motifs is 1. The van der Waals surface area contributed by atoms with Gasteiger partial charge in [-0.05, 0) is 24.3 Å². The van der Waals surface area contributed by atoms with Gasteiger partial charge in [0.05, 0.1) is 18.4 Å². The molecule has 0 N–H and O–H groups in total. The van der Waals surface area contributed by atoms with E-state index in [9.17, 15) is 4.79 Å². The molecular weight excluding hydrogens is 376 g/mol. The van der Waals surface area contributed by atoms with Crippen LogP contribution in [0.1, 0.15) is 11.6 Å². The molecule has 4 rings (SSSR count). The topological polar surface area (TPSA) is 74.5 Å². The Morgan fingerprint density at radius 2 is 1.96 bits per heavy atom. The van der Waals surface area contributed by atoms with Gasteiger partial charge in [0.15, 0.2) is 5.58 Å². The third kappa shape index (κ3) is 3.94. The number of oxazole rings is 1. The molecule has 0 amide bonds. The van der Waals surface area contributed by atoms with Gasteiger partial charge in [-0.2, -0.15) is 0 Å². The predicted molar refractivity (Wildman–Crippen MR) is 107 cm³/mol. The molecule has 2 aromatic heterocycles. The number of hydrogen-bond acceptors (Lipinski definition) is 7. The Morgan fingerprint density at radius 1 is 1.14 bits per heavy atom. The first-order chi connectivity index (χ1) is 13.7. The van der Waals surface area contributed by atoms with E-state index in [1.165, 1.54) is 23.5 Å². The number of hydrogen-bond donors (Lipinski definition) is 0. The van der Waals surface area contributed by atoms with Crippen molar-refractivity contribution >= 4 is 34.5 Å². The lowest BCUT2D eigenvalue weighted by Gasteiger charge is -2.04. The molecule has 4 aromatic rings. The van der Waals surface area contributed by atoms with Crippen molar-refractivity contribution < 1.29 is 18.7 Å². The number of aromatic nitrogens is 2. The SMILES string of the molecule is COc1ccccc1-c1nc(COC(=O)/C=C/c2nc3ccccc3o2)cs1. The van der Waals surface area contributed by atoms with E-state index >= 15 is 0 Å². The summed E-state index contributed by atoms with van der Waals surface area (Å²) < 4.78 is 16.1. The first-order valence-electron chi connectivity index (χ1n) is 8.51. The van der Waals surface area contributed by atoms with Crippen LogP contribution in [0.3, 0.4) is 0 Å². The summed E-state index contributed by atoms with van der Waals surface area (Å²) in [6, 6.07) is 15.1. The highest BCUT2D eigenvalue weighted by Crippen LogP contribution is 2.31. The number of benzene rings is 2. The molecule has 140 valence electrons. The second-order valence-electron chi connectivity index (χ2n) is 5.81. The fourth-order valence-corrected chi connectivity index (χ4v) is 3.45. The highest BCUT2D eigenvalue weighted by atomic mass is 32.1. The zero-order valence-corrected chi connectivity index (χ0v) is 15.8. The molecule has 28 heavy (non-hydrogen) atoms. The highest BCUT2D eigenvalue weighted by Gasteiger charge is 2.11. The van der Waals surface area contributed by atoms with Gasteiger partial charge >= 0.3 is 5.97 Å². The highest BCUT2D eigenvalue weighted by molar-refractivity contribution is 7.13. The zero-order chi connectivity index (χ0) is 19.3. The molecule has 2 heterocycles. The number of rotatable bonds is 6. The maximum atomic E-state index is 12.0. The van der Waals surface area contributed by atoms with E-state index in [-0.39, 0.29) is 6.61 Å². The molecule has 0 saturated heterocycles. The zero-order valence-electron chi connectivity index (χ0n) is 15.0. The largest absolute Gasteiger partial charge is 0.496 e. The Kier molecular flexibility index (Phi) is 5.16. The third-order valence-electron chi connectivity index (χ3n) is 3.92. The Labute approximate surface area is 165 Å². The molecule has 0 radical (unpaired) electrons. The summed E-state index contributed by atoms with van der Waals surface area (Å²) in [7, 11) is 1.62. The minimum absolute atomic E-state index is 0.0857. The van der Waals surface area contributed by atoms with Gasteiger partial charge in [-0.3, -0.25) is 0 Å². The van der Waals surface area contributed by atoms with Crippen LogP contribution < -0.4 is 4.74 Å². The maximum Gasteiger partial charge on any atom is 0.331 e. The van der Waals surface area contributed by atoms with Crippen molar-refractivity contribution in [1.29, 1.82) is 0 Å². The van der Waals surface area contributed by atoms with Crippen LogP contribution in [0.15, 0.2) is 64.4 Å². The summed E-state index contributed by atoms with van der Waals surface area (Å²) in [6.45, 7) is 0.0857. The second-order valence-corrected chi connectivity index (χ2v) is 6.66. The molecule has 2 aromatic carbocycles. The van der Waals surface area contributed by atoms with Crippen LogP contribution in [0.4, 0.5) is 0 Å². The summed E-state index contributed by atoms with van der Waals surface area (Å²) in [5, 5.41) is 2.67. The fourth-order valence-electron chi connectivity index (χ4n) is 2.61. The minimum Gasteiger partial charge on any atom is -0.496 e. The van der Waals surface area contributed by atoms with Crippen molar-refractivity contribution in [3.05, 3.63) is 71.6 Å². The summed E-state index contributed by atoms with van der Waals surface area (Å²) in [6.07, 6.45) is 2.78. The van der Waals surface area contributed by atoms with Crippen molar-refractivity contribution in [1.82, 2.24) is 9.97 Å². The van der Waals surface area contributed by atoms with E-state index in [1.807, 2.05) is 53.9 Å². The van der Waals surface area contributed by atoms with Crippen molar-refractivity contribution in [2.45, 2.75) is 6.61 Å². The van der Waals surface area contributed by atoms with Crippen LogP contribution >= 0.6 is 11.3 Å². The first kappa shape index (κ1) is 17.9. The Morgan fingerprint density at radius 3 is 2.82 bits per heavy atom. The number of esters is 1. The lowest BCUT2D eigenvalue weighted by Crippen LogP contribution is -2.01. The Balaban J connectivity index is 1.38. The van der Waals surface area contributed by atoms with E-state index < -0.39 is 5.97 Å². The normalized spacial score (nSPS) is 11.2. The van der Waals surface area contributed by atoms with Crippen molar-refractivity contribution in [3.63, 3.8) is 0 Å². The smallest absolute Gasteiger partial charge is 0.331 e. The molecule has 7 heteroatoms. The van der Waals surface area contributed by atoms with Crippen molar-refractivity contribution in [3.8, 4) is 16.3 Å². The lowest BCUT2D eigenvalue weighted by molar-refractivity contribution is -0.139. The monoisotopic (exact) mass is 392 g/mol. The number of para-hydroxylation sites is 3. The van der Waals surface area contributed by atoms with Gasteiger partial charge in [0.1, 0.15) is 22.9 Å². The molecular formula is C21H16N2O4S. The number of carbonyl (C=O) groups excluding carboxylic acids is 1. The molecule has 0 aliphatic carbocycles. The molecule has 0 fully saturated rings. The van der Waals surface area contributed by atoms with E-state index in [0.717, 1.165) is 21.8 Å². The standard InChI is InChI=1S/C21H16N2O4S/c1-25-17-8-4-2-6-15(17)21-22-14(13-28-21)12-26-20(24)11-10-19-23-16-7-3-5-9-18(16)27-19/h2-11,13H,12H2,1H3/b11-10+. The summed E-state index contributed by atoms with van der Waals surface area (Å²) in [4.78, 5) is 20.7. The average Bonchev–Trinajstić information content (AvgIpc) is 3.37. The Bertz CT molecular complexity index is 1110. The molecule has 0 unspecified atom stereocenters. The Hall–Kier alpha value is -3.45. The fraction of sp³-hybridized carbons (Fsp3) is 0.0952. The van der Waals surface area contributed by atoms with Gasteiger partial charge in [0.25, 0.3) is 0 Å². The second kappa shape index (κ2) is 8.06. The van der Waals surface area contributed by atoms with Crippen LogP contribution in [0.2, 0.25) is 0 Å². The predicted octanol–water partition coefficient (Wildman–Crippen LogP) is 4.72. The molecule has 0 aliphatic rings. The van der Waals surface area contributed by atoms with Crippen molar-refractivity contribution in [2.75, 3.05) is 7.11 Å². The number of ether oxygens (including phenoxy) is 2. The number of methoxy groups -OCH3 is 1. The van der Waals surface area contributed by atoms with E-state index in [1.54, 1.807) is 7.11 Å². The van der Waals surface area contributed by atoms with Crippen LogP contribution in [-0.2, 0) is 16.1 Å². The lowest BCUT2D eigenvalue weighted by atomic mass is 10.2. The third-order valence-corrected chi connectivity index (χ3v) is 4.85. The van der Waals surface area contributed by atoms with Crippen LogP contribution in [0, 0.1) is 0 Å². The number of nitrogens with zero attached hydrogens (tertiary/aromatic N) is 2. The number of thiazole rings is 1. The molecule has 0 aliphatic heterocycles. The molecule has 6 nitrogen and oxygen atoms in total. The summed E-state index contributed by atoms with van der Waals surface area (Å²) in [5.74, 6) is 0.612. The van der Waals surface area contributed by atoms with Crippen LogP contribution in [-0.4, -0.2) is 23.0 Å². The van der Waals surface area contributed by atoms with E-state index in [4.69, 9.17) is 13.9 Å². The first-order valence-corrected chi connectivity index (χ1v) is 9.39. The summed E-state index contributed by atoms with van der Waals surface area (Å²) in [5.41, 5.74) is 2.99. The van der Waals surface area contributed by atoms with E-state index in [0.29, 0.717) is 17.2 Å². The average molecular weight is 392 g/mol. The van der Waals surface area contributed by atoms with Crippen LogP contribution in [0.25, 0.3) is 27.7 Å². The maximum absolute atomic E-state index is 12.0. The number of carbonyl (C=O) groups is 1. The molecule has 0 saturated carbocycles. The van der Waals surface area contributed by atoms with Gasteiger partial charge in [-0.25, -0.2) is 14.8 Å². The summed E-state index contributed by atoms with van der Waals surface area (Å²) >= 11 is 1.47. The van der Waals surface area contributed by atoms with E-state index in [2.05, 4.69) is 9.97 Å². The van der Waals surface area contributed by atoms with Crippen LogP contribution in [0.5, 0.6) is 5.75 Å². The molecule has 0 spiro atoms. The van der Waals surface area contributed by atoms with Gasteiger partial charge in [-0.15, -0.1) is 11.3 Å². The van der Waals surface area contributed by atoms with Gasteiger partial charge in [0, 0.05) is 17.5 Å². The van der Waals surface area contributed by atoms with Gasteiger partial charge < -0.3 is 13.9 Å². The van der Waals surface area contributed by atoms with Gasteiger partial charge in [-0.1, -0.05) is 24.3 Å². The quantitative estimate of drug-likeness (QED) is 0.349. The molecule has 0 bridgehead atoms.